The smallest absolute Gasteiger partial charge is 0.351 e. The number of rotatable bonds is 4. The highest BCUT2D eigenvalue weighted by Gasteiger charge is 2.27. The van der Waals surface area contributed by atoms with Gasteiger partial charge in [-0.25, -0.2) is 9.59 Å². The van der Waals surface area contributed by atoms with Crippen molar-refractivity contribution in [3.05, 3.63) is 65.9 Å². The maximum atomic E-state index is 12.9. The number of aromatic nitrogens is 1. The van der Waals surface area contributed by atoms with Crippen molar-refractivity contribution in [2.75, 3.05) is 38.0 Å². The molecule has 0 bridgehead atoms. The molecule has 0 saturated carbocycles. The Morgan fingerprint density at radius 2 is 1.37 bits per heavy atom. The summed E-state index contributed by atoms with van der Waals surface area (Å²) in [5.74, 6) is -7.90. The molecule has 1 fully saturated rings. The summed E-state index contributed by atoms with van der Waals surface area (Å²) in [7, 11) is 0. The summed E-state index contributed by atoms with van der Waals surface area (Å²) in [4.78, 5) is 56.7. The van der Waals surface area contributed by atoms with Crippen molar-refractivity contribution in [3.8, 4) is 0 Å². The van der Waals surface area contributed by atoms with Gasteiger partial charge in [0, 0.05) is 11.1 Å². The fourth-order valence-corrected chi connectivity index (χ4v) is 4.81. The molecule has 1 aliphatic carbocycles. The molecule has 1 aromatic heterocycles. The zero-order valence-corrected chi connectivity index (χ0v) is 22.1. The molecule has 0 radical (unpaired) electrons. The molecule has 5 rings (SSSR count). The number of aliphatic carboxylic acids is 4. The molecule has 0 spiro atoms. The zero-order valence-electron chi connectivity index (χ0n) is 22.1. The molecule has 13 heteroatoms. The van der Waals surface area contributed by atoms with Gasteiger partial charge in [-0.3, -0.25) is 14.7 Å². The van der Waals surface area contributed by atoms with E-state index in [1.807, 2.05) is 18.2 Å². The van der Waals surface area contributed by atoms with E-state index in [-0.39, 0.29) is 5.91 Å². The molecule has 1 saturated heterocycles. The van der Waals surface area contributed by atoms with Crippen LogP contribution in [0.5, 0.6) is 0 Å². The topological polar surface area (TPSA) is 206 Å². The average Bonchev–Trinajstić information content (AvgIpc) is 3.43. The van der Waals surface area contributed by atoms with Crippen LogP contribution in [0.15, 0.2) is 54.6 Å². The van der Waals surface area contributed by atoms with Crippen LogP contribution < -0.4 is 25.3 Å². The first-order valence-corrected chi connectivity index (χ1v) is 12.9. The minimum atomic E-state index is -2.07. The molecule has 1 amide bonds. The molecule has 5 N–H and O–H groups in total. The predicted molar refractivity (Wildman–Crippen MR) is 140 cm³/mol. The summed E-state index contributed by atoms with van der Waals surface area (Å²) in [6.07, 6.45) is 3.14. The number of hydrogen-bond donors (Lipinski definition) is 5. The standard InChI is InChI=1S/C24H26N4O.2C2H2O4/c29-23(17-27-13-15-28(16-14-27)18-7-2-1-3-8-18)26-24-19-9-4-5-11-21(19)25-22-12-6-10-20(22)24;2*3-1(4)2(5)6/h1-5,7-9,11H,6,10,12-17H2,(H,25,26,29);2*(H,3,4)(H,5,6). The van der Waals surface area contributed by atoms with E-state index in [4.69, 9.17) is 44.6 Å². The van der Waals surface area contributed by atoms with E-state index in [1.54, 1.807) is 0 Å². The number of carboxylic acids is 4. The second kappa shape index (κ2) is 14.5. The third-order valence-corrected chi connectivity index (χ3v) is 6.69. The van der Waals surface area contributed by atoms with Gasteiger partial charge in [-0.15, -0.1) is 0 Å². The number of piperazine rings is 1. The molecule has 0 unspecified atom stereocenters. The van der Waals surface area contributed by atoms with E-state index >= 15 is 0 Å². The van der Waals surface area contributed by atoms with Crippen molar-refractivity contribution in [2.45, 2.75) is 19.3 Å². The second-order valence-corrected chi connectivity index (χ2v) is 9.41. The maximum absolute atomic E-state index is 12.9. The van der Waals surface area contributed by atoms with Crippen LogP contribution >= 0.6 is 0 Å². The SMILES string of the molecule is O=C(C[NH+]1CC[NH+](c2ccccc2)CC1)Nc1c2c(nc3ccccc13)CCC2.O=C([O-])C(=O)O.O=C([O-])C(=O)O. The monoisotopic (exact) mass is 566 g/mol. The van der Waals surface area contributed by atoms with Gasteiger partial charge in [0.1, 0.15) is 31.9 Å². The lowest BCUT2D eigenvalue weighted by Crippen LogP contribution is -3.26. The van der Waals surface area contributed by atoms with E-state index in [2.05, 4.69) is 41.7 Å². The van der Waals surface area contributed by atoms with Crippen LogP contribution in [0.1, 0.15) is 17.7 Å². The Morgan fingerprint density at radius 3 is 1.95 bits per heavy atom. The van der Waals surface area contributed by atoms with Gasteiger partial charge in [-0.05, 0) is 43.0 Å². The van der Waals surface area contributed by atoms with Crippen molar-refractivity contribution >= 4 is 52.1 Å². The fraction of sp³-hybridized carbons (Fsp3) is 0.286. The molecule has 2 aliphatic rings. The molecule has 216 valence electrons. The second-order valence-electron chi connectivity index (χ2n) is 9.41. The van der Waals surface area contributed by atoms with Gasteiger partial charge >= 0.3 is 11.9 Å². The Hall–Kier alpha value is -4.88. The number of quaternary nitrogens is 2. The van der Waals surface area contributed by atoms with Gasteiger partial charge in [0.05, 0.1) is 11.2 Å². The Kier molecular flexibility index (Phi) is 10.8. The number of nitrogens with one attached hydrogen (secondary N) is 3. The lowest BCUT2D eigenvalue weighted by atomic mass is 10.1. The van der Waals surface area contributed by atoms with Gasteiger partial charge in [-0.2, -0.15) is 0 Å². The first kappa shape index (κ1) is 30.7. The lowest BCUT2D eigenvalue weighted by molar-refractivity contribution is -0.981. The molecule has 1 aliphatic heterocycles. The van der Waals surface area contributed by atoms with Gasteiger partial charge in [0.2, 0.25) is 0 Å². The van der Waals surface area contributed by atoms with Crippen LogP contribution in [-0.2, 0) is 36.8 Å². The summed E-state index contributed by atoms with van der Waals surface area (Å²) in [5, 5.41) is 37.0. The number of pyridine rings is 1. The Bertz CT molecular complexity index is 1370. The minimum absolute atomic E-state index is 0.119. The van der Waals surface area contributed by atoms with Gasteiger partial charge < -0.3 is 40.2 Å². The van der Waals surface area contributed by atoms with Gasteiger partial charge in [-0.1, -0.05) is 36.4 Å². The number of carbonyl (C=O) groups excluding carboxylic acids is 3. The van der Waals surface area contributed by atoms with E-state index in [0.717, 1.165) is 67.7 Å². The summed E-state index contributed by atoms with van der Waals surface area (Å²) < 4.78 is 0. The summed E-state index contributed by atoms with van der Waals surface area (Å²) >= 11 is 0. The minimum Gasteiger partial charge on any atom is -0.539 e. The van der Waals surface area contributed by atoms with Gasteiger partial charge in [0.15, 0.2) is 18.5 Å². The van der Waals surface area contributed by atoms with E-state index in [1.165, 1.54) is 21.1 Å². The van der Waals surface area contributed by atoms with Crippen LogP contribution in [0.2, 0.25) is 0 Å². The van der Waals surface area contributed by atoms with Crippen LogP contribution in [-0.4, -0.2) is 77.7 Å². The van der Waals surface area contributed by atoms with Crippen LogP contribution in [0.3, 0.4) is 0 Å². The number of fused-ring (bicyclic) bond motifs is 2. The highest BCUT2D eigenvalue weighted by atomic mass is 16.4. The first-order valence-electron chi connectivity index (χ1n) is 12.9. The van der Waals surface area contributed by atoms with Crippen molar-refractivity contribution in [3.63, 3.8) is 0 Å². The Balaban J connectivity index is 0.000000326. The molecule has 41 heavy (non-hydrogen) atoms. The van der Waals surface area contributed by atoms with Gasteiger partial charge in [0.25, 0.3) is 5.91 Å². The number of carboxylic acid groups (broad SMARTS) is 4. The number of carbonyl (C=O) groups is 5. The molecular weight excluding hydrogens is 536 g/mol. The van der Waals surface area contributed by atoms with Crippen molar-refractivity contribution in [2.24, 2.45) is 0 Å². The normalized spacial score (nSPS) is 17.1. The highest BCUT2D eigenvalue weighted by molar-refractivity contribution is 6.26. The molecule has 2 aromatic carbocycles. The Morgan fingerprint density at radius 1 is 0.805 bits per heavy atom. The van der Waals surface area contributed by atoms with Crippen LogP contribution in [0.25, 0.3) is 10.9 Å². The van der Waals surface area contributed by atoms with E-state index in [0.29, 0.717) is 6.54 Å². The predicted octanol–water partition coefficient (Wildman–Crippen LogP) is -3.58. The number of benzene rings is 2. The number of hydrogen-bond acceptors (Lipinski definition) is 8. The first-order chi connectivity index (χ1) is 19.6. The Labute approximate surface area is 234 Å². The van der Waals surface area contributed by atoms with Crippen molar-refractivity contribution in [1.82, 2.24) is 4.98 Å². The van der Waals surface area contributed by atoms with E-state index in [9.17, 15) is 4.79 Å². The number of nitrogens with zero attached hydrogens (tertiary/aromatic N) is 1. The summed E-state index contributed by atoms with van der Waals surface area (Å²) in [6, 6.07) is 18.8. The quantitative estimate of drug-likeness (QED) is 0.196. The van der Waals surface area contributed by atoms with Crippen LogP contribution in [0, 0.1) is 0 Å². The third-order valence-electron chi connectivity index (χ3n) is 6.69. The highest BCUT2D eigenvalue weighted by Crippen LogP contribution is 2.33. The zero-order chi connectivity index (χ0) is 29.9. The molecular formula is C28H30N4O9. The third kappa shape index (κ3) is 8.81. The largest absolute Gasteiger partial charge is 0.539 e. The molecule has 0 atom stereocenters. The van der Waals surface area contributed by atoms with E-state index < -0.39 is 23.9 Å². The summed E-state index contributed by atoms with van der Waals surface area (Å²) in [5.41, 5.74) is 5.74. The number of amides is 1. The molecule has 2 heterocycles. The van der Waals surface area contributed by atoms with Crippen LogP contribution in [0.4, 0.5) is 11.4 Å². The summed E-state index contributed by atoms with van der Waals surface area (Å²) in [6.45, 7) is 4.72. The number of anilines is 1. The maximum Gasteiger partial charge on any atom is 0.351 e. The molecule has 3 aromatic rings. The van der Waals surface area contributed by atoms with Crippen molar-refractivity contribution in [1.29, 1.82) is 0 Å². The lowest BCUT2D eigenvalue weighted by Gasteiger charge is -2.29. The molecule has 13 nitrogen and oxygen atoms in total. The van der Waals surface area contributed by atoms with Crippen molar-refractivity contribution < 1.29 is 54.2 Å². The number of aryl methyl sites for hydroxylation is 1. The fourth-order valence-electron chi connectivity index (χ4n) is 4.81. The number of para-hydroxylation sites is 2. The average molecular weight is 567 g/mol.